The van der Waals surface area contributed by atoms with Crippen LogP contribution in [0.2, 0.25) is 5.02 Å². The predicted octanol–water partition coefficient (Wildman–Crippen LogP) is 2.66. The Morgan fingerprint density at radius 3 is 2.83 bits per heavy atom. The smallest absolute Gasteiger partial charge is 0.307 e. The third-order valence-electron chi connectivity index (χ3n) is 3.30. The highest BCUT2D eigenvalue weighted by atomic mass is 35.5. The lowest BCUT2D eigenvalue weighted by Crippen LogP contribution is -2.34. The zero-order valence-electron chi connectivity index (χ0n) is 12.8. The van der Waals surface area contributed by atoms with Crippen molar-refractivity contribution in [2.45, 2.75) is 30.3 Å². The van der Waals surface area contributed by atoms with E-state index in [1.54, 1.807) is 23.9 Å². The van der Waals surface area contributed by atoms with Crippen LogP contribution >= 0.6 is 23.4 Å². The van der Waals surface area contributed by atoms with Gasteiger partial charge in [0.1, 0.15) is 0 Å². The van der Waals surface area contributed by atoms with Crippen LogP contribution in [0.5, 0.6) is 0 Å². The molecular weight excluding hydrogens is 338 g/mol. The van der Waals surface area contributed by atoms with Crippen LogP contribution in [-0.4, -0.2) is 43.5 Å². The standard InChI is InChI=1S/C16H20ClNO4S/c17-12-3-5-14(6-4-12)23-9-7-16(20)22-11-15(19)18-10-13-2-1-8-21-13/h3-6,13H,1-2,7-11H2,(H,18,19)/t13-/m0/s1. The molecular formula is C16H20ClNO4S. The number of hydrogen-bond acceptors (Lipinski definition) is 5. The number of benzene rings is 1. The molecule has 0 bridgehead atoms. The molecule has 1 saturated heterocycles. The zero-order chi connectivity index (χ0) is 16.5. The van der Waals surface area contributed by atoms with E-state index in [0.717, 1.165) is 24.3 Å². The van der Waals surface area contributed by atoms with Gasteiger partial charge in [-0.2, -0.15) is 0 Å². The lowest BCUT2D eigenvalue weighted by Gasteiger charge is -2.10. The summed E-state index contributed by atoms with van der Waals surface area (Å²) in [5.74, 6) is -0.0733. The van der Waals surface area contributed by atoms with Gasteiger partial charge in [-0.1, -0.05) is 11.6 Å². The van der Waals surface area contributed by atoms with Gasteiger partial charge < -0.3 is 14.8 Å². The van der Waals surface area contributed by atoms with Crippen LogP contribution in [0.15, 0.2) is 29.2 Å². The van der Waals surface area contributed by atoms with Crippen LogP contribution in [0.4, 0.5) is 0 Å². The maximum atomic E-state index is 11.6. The van der Waals surface area contributed by atoms with Gasteiger partial charge in [0.05, 0.1) is 12.5 Å². The summed E-state index contributed by atoms with van der Waals surface area (Å²) in [5.41, 5.74) is 0. The molecule has 1 N–H and O–H groups in total. The maximum absolute atomic E-state index is 11.6. The molecule has 1 aromatic rings. The van der Waals surface area contributed by atoms with E-state index in [4.69, 9.17) is 21.1 Å². The Morgan fingerprint density at radius 2 is 2.13 bits per heavy atom. The van der Waals surface area contributed by atoms with Gasteiger partial charge in [0.2, 0.25) is 0 Å². The van der Waals surface area contributed by atoms with Crippen molar-refractivity contribution in [2.24, 2.45) is 0 Å². The summed E-state index contributed by atoms with van der Waals surface area (Å²) in [6.45, 7) is 0.987. The van der Waals surface area contributed by atoms with Gasteiger partial charge in [0.15, 0.2) is 6.61 Å². The molecule has 7 heteroatoms. The molecule has 126 valence electrons. The van der Waals surface area contributed by atoms with E-state index in [-0.39, 0.29) is 31.0 Å². The molecule has 1 heterocycles. The molecule has 0 spiro atoms. The van der Waals surface area contributed by atoms with Crippen molar-refractivity contribution in [3.05, 3.63) is 29.3 Å². The maximum Gasteiger partial charge on any atom is 0.307 e. The number of carbonyl (C=O) groups excluding carboxylic acids is 2. The fraction of sp³-hybridized carbons (Fsp3) is 0.500. The second-order valence-electron chi connectivity index (χ2n) is 5.15. The number of carbonyl (C=O) groups is 2. The highest BCUT2D eigenvalue weighted by Crippen LogP contribution is 2.20. The van der Waals surface area contributed by atoms with E-state index in [9.17, 15) is 9.59 Å². The SMILES string of the molecule is O=C(COC(=O)CCSc1ccc(Cl)cc1)NC[C@@H]1CCCO1. The number of esters is 1. The third-order valence-corrected chi connectivity index (χ3v) is 4.57. The van der Waals surface area contributed by atoms with Crippen LogP contribution < -0.4 is 5.32 Å². The Kier molecular flexibility index (Phi) is 7.71. The average molecular weight is 358 g/mol. The molecule has 1 fully saturated rings. The van der Waals surface area contributed by atoms with Crippen LogP contribution in [0.25, 0.3) is 0 Å². The van der Waals surface area contributed by atoms with Crippen molar-refractivity contribution >= 4 is 35.2 Å². The normalized spacial score (nSPS) is 17.0. The van der Waals surface area contributed by atoms with E-state index >= 15 is 0 Å². The first-order valence-electron chi connectivity index (χ1n) is 7.56. The summed E-state index contributed by atoms with van der Waals surface area (Å²) in [6.07, 6.45) is 2.33. The topological polar surface area (TPSA) is 64.6 Å². The average Bonchev–Trinajstić information content (AvgIpc) is 3.06. The van der Waals surface area contributed by atoms with Crippen LogP contribution in [0.3, 0.4) is 0 Å². The highest BCUT2D eigenvalue weighted by molar-refractivity contribution is 7.99. The Labute approximate surface area is 145 Å². The van der Waals surface area contributed by atoms with Gasteiger partial charge in [-0.05, 0) is 37.1 Å². The van der Waals surface area contributed by atoms with Gasteiger partial charge in [-0.25, -0.2) is 0 Å². The van der Waals surface area contributed by atoms with Gasteiger partial charge in [0.25, 0.3) is 5.91 Å². The van der Waals surface area contributed by atoms with Crippen LogP contribution in [0, 0.1) is 0 Å². The summed E-state index contributed by atoms with van der Waals surface area (Å²) in [5, 5.41) is 3.39. The molecule has 0 unspecified atom stereocenters. The van der Waals surface area contributed by atoms with Crippen molar-refractivity contribution in [1.82, 2.24) is 5.32 Å². The zero-order valence-corrected chi connectivity index (χ0v) is 14.3. The summed E-state index contributed by atoms with van der Waals surface area (Å²) in [7, 11) is 0. The lowest BCUT2D eigenvalue weighted by molar-refractivity contribution is -0.148. The van der Waals surface area contributed by atoms with Crippen LogP contribution in [-0.2, 0) is 19.1 Å². The van der Waals surface area contributed by atoms with Crippen molar-refractivity contribution < 1.29 is 19.1 Å². The van der Waals surface area contributed by atoms with E-state index < -0.39 is 0 Å². The largest absolute Gasteiger partial charge is 0.456 e. The number of ether oxygens (including phenoxy) is 2. The number of halogens is 1. The van der Waals surface area contributed by atoms with Gasteiger partial charge in [-0.3, -0.25) is 9.59 Å². The quantitative estimate of drug-likeness (QED) is 0.572. The molecule has 23 heavy (non-hydrogen) atoms. The molecule has 0 aliphatic carbocycles. The summed E-state index contributed by atoms with van der Waals surface area (Å²) < 4.78 is 10.3. The fourth-order valence-electron chi connectivity index (χ4n) is 2.09. The van der Waals surface area contributed by atoms with E-state index in [2.05, 4.69) is 5.32 Å². The van der Waals surface area contributed by atoms with E-state index in [1.807, 2.05) is 12.1 Å². The Hall–Kier alpha value is -1.24. The van der Waals surface area contributed by atoms with Crippen molar-refractivity contribution in [3.63, 3.8) is 0 Å². The third kappa shape index (κ3) is 7.24. The first-order chi connectivity index (χ1) is 11.1. The fourth-order valence-corrected chi connectivity index (χ4v) is 3.04. The van der Waals surface area contributed by atoms with Crippen molar-refractivity contribution in [2.75, 3.05) is 25.5 Å². The molecule has 1 aliphatic heterocycles. The molecule has 0 saturated carbocycles. The highest BCUT2D eigenvalue weighted by Gasteiger charge is 2.16. The van der Waals surface area contributed by atoms with Gasteiger partial charge in [0, 0.05) is 28.8 Å². The molecule has 1 atom stereocenters. The first-order valence-corrected chi connectivity index (χ1v) is 8.92. The molecule has 1 amide bonds. The second kappa shape index (κ2) is 9.80. The number of amides is 1. The number of hydrogen-bond donors (Lipinski definition) is 1. The van der Waals surface area contributed by atoms with Gasteiger partial charge >= 0.3 is 5.97 Å². The lowest BCUT2D eigenvalue weighted by atomic mass is 10.2. The first kappa shape index (κ1) is 18.1. The summed E-state index contributed by atoms with van der Waals surface area (Å²) in [6, 6.07) is 7.41. The van der Waals surface area contributed by atoms with E-state index in [0.29, 0.717) is 17.3 Å². The molecule has 2 rings (SSSR count). The van der Waals surface area contributed by atoms with Gasteiger partial charge in [-0.15, -0.1) is 11.8 Å². The number of rotatable bonds is 8. The monoisotopic (exact) mass is 357 g/mol. The molecule has 0 aromatic heterocycles. The predicted molar refractivity (Wildman–Crippen MR) is 89.7 cm³/mol. The Balaban J connectivity index is 1.53. The number of nitrogens with one attached hydrogen (secondary N) is 1. The second-order valence-corrected chi connectivity index (χ2v) is 6.76. The minimum Gasteiger partial charge on any atom is -0.456 e. The van der Waals surface area contributed by atoms with Crippen molar-refractivity contribution in [1.29, 1.82) is 0 Å². The minimum atomic E-state index is -0.376. The molecule has 1 aliphatic rings. The summed E-state index contributed by atoms with van der Waals surface area (Å²) >= 11 is 7.35. The number of thioether (sulfide) groups is 1. The Bertz CT molecular complexity index is 517. The van der Waals surface area contributed by atoms with Crippen molar-refractivity contribution in [3.8, 4) is 0 Å². The minimum absolute atomic E-state index is 0.0884. The molecule has 0 radical (unpaired) electrons. The van der Waals surface area contributed by atoms with E-state index in [1.165, 1.54) is 0 Å². The Morgan fingerprint density at radius 1 is 1.35 bits per heavy atom. The molecule has 1 aromatic carbocycles. The summed E-state index contributed by atoms with van der Waals surface area (Å²) in [4.78, 5) is 24.2. The van der Waals surface area contributed by atoms with Crippen LogP contribution in [0.1, 0.15) is 19.3 Å². The molecule has 5 nitrogen and oxygen atoms in total.